The number of likely N-dealkylation sites (tertiary alicyclic amines) is 1. The Hall–Kier alpha value is -1.89. The standard InChI is InChI=1S/C23H36N4O2/c1-19-15-20(2)27(24-19)14-13-25(3)16-21-7-9-23(10-8-21)29-18-22(28)17-26-11-5-4-6-12-26/h7-10,15,22,28H,4-6,11-14,16-18H2,1-3H3. The molecule has 2 heterocycles. The molecule has 1 aliphatic heterocycles. The van der Waals surface area contributed by atoms with E-state index in [1.807, 2.05) is 19.1 Å². The van der Waals surface area contributed by atoms with E-state index >= 15 is 0 Å². The zero-order valence-corrected chi connectivity index (χ0v) is 18.2. The third-order valence-corrected chi connectivity index (χ3v) is 5.53. The number of hydrogen-bond acceptors (Lipinski definition) is 5. The third-order valence-electron chi connectivity index (χ3n) is 5.53. The number of aryl methyl sites for hydroxylation is 2. The van der Waals surface area contributed by atoms with E-state index in [9.17, 15) is 5.11 Å². The largest absolute Gasteiger partial charge is 0.491 e. The normalized spacial score (nSPS) is 16.3. The lowest BCUT2D eigenvalue weighted by molar-refractivity contribution is 0.0617. The molecule has 3 rings (SSSR count). The van der Waals surface area contributed by atoms with Gasteiger partial charge in [0.2, 0.25) is 0 Å². The maximum Gasteiger partial charge on any atom is 0.119 e. The van der Waals surface area contributed by atoms with Gasteiger partial charge in [0.1, 0.15) is 18.5 Å². The lowest BCUT2D eigenvalue weighted by atomic mass is 10.1. The van der Waals surface area contributed by atoms with Crippen LogP contribution in [0.1, 0.15) is 36.2 Å². The Kier molecular flexibility index (Phi) is 8.09. The summed E-state index contributed by atoms with van der Waals surface area (Å²) in [5.74, 6) is 0.816. The van der Waals surface area contributed by atoms with E-state index < -0.39 is 6.10 Å². The van der Waals surface area contributed by atoms with Gasteiger partial charge in [-0.15, -0.1) is 0 Å². The molecule has 1 saturated heterocycles. The monoisotopic (exact) mass is 400 g/mol. The maximum absolute atomic E-state index is 10.2. The molecule has 2 aromatic rings. The van der Waals surface area contributed by atoms with Crippen molar-refractivity contribution in [2.45, 2.75) is 52.3 Å². The molecule has 0 bridgehead atoms. The first-order chi connectivity index (χ1) is 14.0. The first kappa shape index (κ1) is 21.8. The zero-order chi connectivity index (χ0) is 20.6. The highest BCUT2D eigenvalue weighted by atomic mass is 16.5. The number of piperidine rings is 1. The van der Waals surface area contributed by atoms with Crippen LogP contribution in [-0.2, 0) is 13.1 Å². The maximum atomic E-state index is 10.2. The summed E-state index contributed by atoms with van der Waals surface area (Å²) in [6.45, 7) is 10.1. The number of aliphatic hydroxyl groups is 1. The van der Waals surface area contributed by atoms with E-state index in [-0.39, 0.29) is 0 Å². The van der Waals surface area contributed by atoms with Gasteiger partial charge in [0.05, 0.1) is 12.2 Å². The molecular formula is C23H36N4O2. The van der Waals surface area contributed by atoms with Crippen molar-refractivity contribution in [2.75, 3.05) is 39.8 Å². The number of nitrogens with zero attached hydrogens (tertiary/aromatic N) is 4. The summed E-state index contributed by atoms with van der Waals surface area (Å²) in [6.07, 6.45) is 3.36. The van der Waals surface area contributed by atoms with Crippen molar-refractivity contribution in [3.05, 3.63) is 47.3 Å². The molecular weight excluding hydrogens is 364 g/mol. The van der Waals surface area contributed by atoms with Crippen LogP contribution in [0.4, 0.5) is 0 Å². The van der Waals surface area contributed by atoms with E-state index in [0.717, 1.165) is 44.2 Å². The van der Waals surface area contributed by atoms with Crippen LogP contribution in [0, 0.1) is 13.8 Å². The van der Waals surface area contributed by atoms with Crippen LogP contribution in [-0.4, -0.2) is 70.6 Å². The SMILES string of the molecule is Cc1cc(C)n(CCN(C)Cc2ccc(OCC(O)CN3CCCCC3)cc2)n1. The Bertz CT molecular complexity index is 738. The smallest absolute Gasteiger partial charge is 0.119 e. The predicted octanol–water partition coefficient (Wildman–Crippen LogP) is 2.86. The molecule has 1 aliphatic rings. The number of rotatable bonds is 10. The van der Waals surface area contributed by atoms with Crippen molar-refractivity contribution in [3.63, 3.8) is 0 Å². The van der Waals surface area contributed by atoms with Gasteiger partial charge in [-0.2, -0.15) is 5.10 Å². The molecule has 29 heavy (non-hydrogen) atoms. The minimum atomic E-state index is -0.437. The average molecular weight is 401 g/mol. The van der Waals surface area contributed by atoms with E-state index in [0.29, 0.717) is 13.2 Å². The third kappa shape index (κ3) is 7.14. The molecule has 1 aromatic carbocycles. The number of hydrogen-bond donors (Lipinski definition) is 1. The zero-order valence-electron chi connectivity index (χ0n) is 18.2. The molecule has 1 unspecified atom stereocenters. The van der Waals surface area contributed by atoms with Crippen molar-refractivity contribution in [3.8, 4) is 5.75 Å². The quantitative estimate of drug-likeness (QED) is 0.665. The van der Waals surface area contributed by atoms with Crippen molar-refractivity contribution in [1.29, 1.82) is 0 Å². The molecule has 0 radical (unpaired) electrons. The molecule has 0 aliphatic carbocycles. The summed E-state index contributed by atoms with van der Waals surface area (Å²) in [5.41, 5.74) is 3.53. The van der Waals surface area contributed by atoms with Gasteiger partial charge in [-0.25, -0.2) is 0 Å². The van der Waals surface area contributed by atoms with Crippen LogP contribution < -0.4 is 4.74 Å². The highest BCUT2D eigenvalue weighted by Crippen LogP contribution is 2.15. The highest BCUT2D eigenvalue weighted by Gasteiger charge is 2.15. The fourth-order valence-corrected chi connectivity index (χ4v) is 3.93. The second-order valence-electron chi connectivity index (χ2n) is 8.36. The van der Waals surface area contributed by atoms with Crippen molar-refractivity contribution in [2.24, 2.45) is 0 Å². The number of ether oxygens (including phenoxy) is 1. The lowest BCUT2D eigenvalue weighted by Crippen LogP contribution is -2.38. The van der Waals surface area contributed by atoms with E-state index in [2.05, 4.69) is 51.8 Å². The highest BCUT2D eigenvalue weighted by molar-refractivity contribution is 5.27. The van der Waals surface area contributed by atoms with E-state index in [1.54, 1.807) is 0 Å². The van der Waals surface area contributed by atoms with Crippen molar-refractivity contribution in [1.82, 2.24) is 19.6 Å². The van der Waals surface area contributed by atoms with E-state index in [1.165, 1.54) is 30.5 Å². The van der Waals surface area contributed by atoms with Gasteiger partial charge in [0.25, 0.3) is 0 Å². The molecule has 1 N–H and O–H groups in total. The summed E-state index contributed by atoms with van der Waals surface area (Å²) in [6, 6.07) is 10.3. The minimum absolute atomic E-state index is 0.346. The van der Waals surface area contributed by atoms with Gasteiger partial charge in [0, 0.05) is 25.3 Å². The second-order valence-corrected chi connectivity index (χ2v) is 8.36. The summed E-state index contributed by atoms with van der Waals surface area (Å²) in [5, 5.41) is 14.8. The fraction of sp³-hybridized carbons (Fsp3) is 0.609. The lowest BCUT2D eigenvalue weighted by Gasteiger charge is -2.28. The molecule has 0 amide bonds. The second kappa shape index (κ2) is 10.8. The molecule has 0 saturated carbocycles. The number of aliphatic hydroxyl groups excluding tert-OH is 1. The van der Waals surface area contributed by atoms with Crippen LogP contribution in [0.2, 0.25) is 0 Å². The van der Waals surface area contributed by atoms with Gasteiger partial charge in [-0.3, -0.25) is 4.68 Å². The Morgan fingerprint density at radius 3 is 2.52 bits per heavy atom. The summed E-state index contributed by atoms with van der Waals surface area (Å²) in [4.78, 5) is 4.64. The molecule has 0 spiro atoms. The topological polar surface area (TPSA) is 53.8 Å². The van der Waals surface area contributed by atoms with Crippen molar-refractivity contribution >= 4 is 0 Å². The first-order valence-electron chi connectivity index (χ1n) is 10.8. The van der Waals surface area contributed by atoms with Gasteiger partial charge < -0.3 is 19.6 Å². The first-order valence-corrected chi connectivity index (χ1v) is 10.8. The van der Waals surface area contributed by atoms with Gasteiger partial charge in [0.15, 0.2) is 0 Å². The van der Waals surface area contributed by atoms with Gasteiger partial charge in [-0.1, -0.05) is 18.6 Å². The van der Waals surface area contributed by atoms with Crippen LogP contribution in [0.5, 0.6) is 5.75 Å². The Morgan fingerprint density at radius 1 is 1.14 bits per heavy atom. The molecule has 1 atom stereocenters. The Morgan fingerprint density at radius 2 is 1.86 bits per heavy atom. The van der Waals surface area contributed by atoms with Crippen LogP contribution in [0.25, 0.3) is 0 Å². The summed E-state index contributed by atoms with van der Waals surface area (Å²) < 4.78 is 7.86. The molecule has 6 nitrogen and oxygen atoms in total. The van der Waals surface area contributed by atoms with Crippen LogP contribution >= 0.6 is 0 Å². The number of benzene rings is 1. The fourth-order valence-electron chi connectivity index (χ4n) is 3.93. The number of aromatic nitrogens is 2. The van der Waals surface area contributed by atoms with E-state index in [4.69, 9.17) is 4.74 Å². The summed E-state index contributed by atoms with van der Waals surface area (Å²) in [7, 11) is 2.13. The minimum Gasteiger partial charge on any atom is -0.491 e. The van der Waals surface area contributed by atoms with Crippen molar-refractivity contribution < 1.29 is 9.84 Å². The Labute approximate surface area is 175 Å². The van der Waals surface area contributed by atoms with Crippen LogP contribution in [0.15, 0.2) is 30.3 Å². The molecule has 160 valence electrons. The number of likely N-dealkylation sites (N-methyl/N-ethyl adjacent to an activating group) is 1. The van der Waals surface area contributed by atoms with Gasteiger partial charge >= 0.3 is 0 Å². The Balaban J connectivity index is 1.38. The molecule has 1 aromatic heterocycles. The molecule has 6 heteroatoms. The van der Waals surface area contributed by atoms with Crippen LogP contribution in [0.3, 0.4) is 0 Å². The number of β-amino-alcohol motifs (C(OH)–C–C–N with tert-alkyl or cyclic N) is 1. The predicted molar refractivity (Wildman–Crippen MR) is 116 cm³/mol. The van der Waals surface area contributed by atoms with Gasteiger partial charge in [-0.05, 0) is 70.6 Å². The summed E-state index contributed by atoms with van der Waals surface area (Å²) >= 11 is 0. The average Bonchev–Trinajstić information content (AvgIpc) is 3.04. The molecule has 1 fully saturated rings.